The highest BCUT2D eigenvalue weighted by Gasteiger charge is 2.36. The summed E-state index contributed by atoms with van der Waals surface area (Å²) in [4.78, 5) is 9.98. The molecule has 0 heterocycles. The lowest BCUT2D eigenvalue weighted by atomic mass is 10.2. The van der Waals surface area contributed by atoms with Gasteiger partial charge in [-0.1, -0.05) is 39.0 Å². The van der Waals surface area contributed by atoms with E-state index in [1.807, 2.05) is 6.07 Å². The van der Waals surface area contributed by atoms with Crippen molar-refractivity contribution >= 4 is 14.4 Å². The lowest BCUT2D eigenvalue weighted by molar-refractivity contribution is -0.400. The van der Waals surface area contributed by atoms with E-state index in [-0.39, 0.29) is 5.04 Å². The monoisotopic (exact) mass is 543 g/mol. The minimum Gasteiger partial charge on any atom is -0.491 e. The molecular formula is C26H45NO9Si. The van der Waals surface area contributed by atoms with Gasteiger partial charge < -0.3 is 32.8 Å². The van der Waals surface area contributed by atoms with Gasteiger partial charge in [-0.25, -0.2) is 0 Å². The number of ether oxygens (including phenoxy) is 6. The molecule has 0 aliphatic carbocycles. The Kier molecular flexibility index (Phi) is 17.2. The molecule has 0 saturated carbocycles. The Bertz CT molecular complexity index is 769. The highest BCUT2D eigenvalue weighted by molar-refractivity contribution is 6.74. The summed E-state index contributed by atoms with van der Waals surface area (Å²) in [5.74, 6) is 0.570. The van der Waals surface area contributed by atoms with Gasteiger partial charge in [-0.3, -0.25) is 10.1 Å². The van der Waals surface area contributed by atoms with Crippen LogP contribution in [-0.4, -0.2) is 92.5 Å². The molecule has 1 aromatic carbocycles. The number of hydrogen-bond acceptors (Lipinski definition) is 9. The third-order valence-corrected chi connectivity index (χ3v) is 10.3. The normalized spacial score (nSPS) is 12.4. The standard InChI is InChI=1S/C26H45NO9Si/c1-26(2,3)37(4,5)36-23-21-34-19-17-32-15-13-30-12-14-31-16-18-33-20-22-35-25-9-7-6-8-24(25)10-11-27(28)29/h6-11H,12-23H2,1-5H3/b11-10+. The number of nitrogens with zero attached hydrogens (tertiary/aromatic N) is 1. The van der Waals surface area contributed by atoms with E-state index in [9.17, 15) is 10.1 Å². The van der Waals surface area contributed by atoms with Crippen LogP contribution in [0.1, 0.15) is 26.3 Å². The van der Waals surface area contributed by atoms with Crippen molar-refractivity contribution in [2.24, 2.45) is 0 Å². The van der Waals surface area contributed by atoms with Crippen molar-refractivity contribution in [3.05, 3.63) is 46.1 Å². The van der Waals surface area contributed by atoms with Crippen molar-refractivity contribution in [2.45, 2.75) is 38.9 Å². The molecule has 0 atom stereocenters. The molecule has 0 radical (unpaired) electrons. The molecule has 11 heteroatoms. The molecule has 1 aromatic rings. The number of benzene rings is 1. The van der Waals surface area contributed by atoms with Gasteiger partial charge in [0.2, 0.25) is 6.20 Å². The second kappa shape index (κ2) is 19.2. The predicted molar refractivity (Wildman–Crippen MR) is 145 cm³/mol. The zero-order valence-electron chi connectivity index (χ0n) is 23.1. The number of nitro groups is 1. The minimum absolute atomic E-state index is 0.210. The second-order valence-corrected chi connectivity index (χ2v) is 14.5. The van der Waals surface area contributed by atoms with Crippen LogP contribution in [0.3, 0.4) is 0 Å². The second-order valence-electron chi connectivity index (χ2n) is 9.66. The summed E-state index contributed by atoms with van der Waals surface area (Å²) in [6.45, 7) is 17.0. The number of rotatable bonds is 22. The minimum atomic E-state index is -1.70. The zero-order valence-corrected chi connectivity index (χ0v) is 24.1. The SMILES string of the molecule is CC(C)(C)[Si](C)(C)OCCOCCOCCOCCOCCOCCOc1ccccc1/C=C/[N+](=O)[O-]. The van der Waals surface area contributed by atoms with Crippen LogP contribution in [0.25, 0.3) is 6.08 Å². The summed E-state index contributed by atoms with van der Waals surface area (Å²) in [5, 5.41) is 10.7. The lowest BCUT2D eigenvalue weighted by Gasteiger charge is -2.36. The molecule has 0 N–H and O–H groups in total. The van der Waals surface area contributed by atoms with Gasteiger partial charge in [0.25, 0.3) is 0 Å². The van der Waals surface area contributed by atoms with E-state index in [4.69, 9.17) is 32.8 Å². The van der Waals surface area contributed by atoms with Gasteiger partial charge in [0.1, 0.15) is 12.4 Å². The smallest absolute Gasteiger partial charge is 0.235 e. The number of para-hydroxylation sites is 1. The Hall–Kier alpha value is -1.86. The largest absolute Gasteiger partial charge is 0.491 e. The molecule has 0 spiro atoms. The first kappa shape index (κ1) is 33.2. The fourth-order valence-electron chi connectivity index (χ4n) is 2.66. The van der Waals surface area contributed by atoms with Crippen LogP contribution in [0.5, 0.6) is 5.75 Å². The molecule has 0 bridgehead atoms. The average molecular weight is 544 g/mol. The van der Waals surface area contributed by atoms with E-state index in [0.717, 1.165) is 6.20 Å². The molecule has 1 rings (SSSR count). The van der Waals surface area contributed by atoms with E-state index in [1.165, 1.54) is 6.08 Å². The van der Waals surface area contributed by atoms with E-state index in [2.05, 4.69) is 33.9 Å². The van der Waals surface area contributed by atoms with Crippen molar-refractivity contribution < 1.29 is 37.8 Å². The summed E-state index contributed by atoms with van der Waals surface area (Å²) in [6, 6.07) is 7.11. The highest BCUT2D eigenvalue weighted by atomic mass is 28.4. The summed E-state index contributed by atoms with van der Waals surface area (Å²) in [7, 11) is -1.70. The van der Waals surface area contributed by atoms with Gasteiger partial charge in [-0.05, 0) is 24.2 Å². The fraction of sp³-hybridized carbons (Fsp3) is 0.692. The Morgan fingerprint density at radius 2 is 1.19 bits per heavy atom. The molecule has 0 aromatic heterocycles. The van der Waals surface area contributed by atoms with E-state index in [0.29, 0.717) is 90.6 Å². The predicted octanol–water partition coefficient (Wildman–Crippen LogP) is 4.42. The van der Waals surface area contributed by atoms with Crippen LogP contribution in [0.15, 0.2) is 30.5 Å². The molecule has 0 aliphatic rings. The van der Waals surface area contributed by atoms with Crippen LogP contribution in [0.2, 0.25) is 18.1 Å². The average Bonchev–Trinajstić information content (AvgIpc) is 2.84. The van der Waals surface area contributed by atoms with Crippen LogP contribution < -0.4 is 4.74 Å². The summed E-state index contributed by atoms with van der Waals surface area (Å²) < 4.78 is 39.2. The van der Waals surface area contributed by atoms with Crippen LogP contribution in [0, 0.1) is 10.1 Å². The van der Waals surface area contributed by atoms with Gasteiger partial charge in [-0.2, -0.15) is 0 Å². The van der Waals surface area contributed by atoms with Gasteiger partial charge in [-0.15, -0.1) is 0 Å². The lowest BCUT2D eigenvalue weighted by Crippen LogP contribution is -2.41. The molecule has 212 valence electrons. The van der Waals surface area contributed by atoms with E-state index < -0.39 is 13.2 Å². The Morgan fingerprint density at radius 3 is 1.65 bits per heavy atom. The Morgan fingerprint density at radius 1 is 0.757 bits per heavy atom. The van der Waals surface area contributed by atoms with Crippen molar-refractivity contribution in [3.63, 3.8) is 0 Å². The molecule has 0 unspecified atom stereocenters. The first-order valence-electron chi connectivity index (χ1n) is 12.7. The molecule has 0 saturated heterocycles. The van der Waals surface area contributed by atoms with Crippen LogP contribution in [0.4, 0.5) is 0 Å². The van der Waals surface area contributed by atoms with Gasteiger partial charge in [0.15, 0.2) is 8.32 Å². The maximum atomic E-state index is 10.5. The van der Waals surface area contributed by atoms with Crippen LogP contribution >= 0.6 is 0 Å². The zero-order chi connectivity index (χ0) is 27.4. The number of hydrogen-bond donors (Lipinski definition) is 0. The molecule has 10 nitrogen and oxygen atoms in total. The quantitative estimate of drug-likeness (QED) is 0.0909. The third-order valence-electron chi connectivity index (χ3n) is 5.76. The maximum absolute atomic E-state index is 10.5. The molecule has 0 fully saturated rings. The maximum Gasteiger partial charge on any atom is 0.235 e. The van der Waals surface area contributed by atoms with Gasteiger partial charge in [0.05, 0.1) is 77.6 Å². The molecule has 37 heavy (non-hydrogen) atoms. The summed E-state index contributed by atoms with van der Waals surface area (Å²) in [6.07, 6.45) is 2.29. The first-order chi connectivity index (χ1) is 17.6. The highest BCUT2D eigenvalue weighted by Crippen LogP contribution is 2.36. The molecule has 0 aliphatic heterocycles. The Balaban J connectivity index is 1.86. The molecular weight excluding hydrogens is 498 g/mol. The van der Waals surface area contributed by atoms with E-state index in [1.54, 1.807) is 18.2 Å². The van der Waals surface area contributed by atoms with Crippen molar-refractivity contribution in [2.75, 3.05) is 79.3 Å². The van der Waals surface area contributed by atoms with Gasteiger partial charge in [0, 0.05) is 11.6 Å². The van der Waals surface area contributed by atoms with Crippen molar-refractivity contribution in [3.8, 4) is 5.75 Å². The first-order valence-corrected chi connectivity index (χ1v) is 15.6. The van der Waals surface area contributed by atoms with Crippen LogP contribution in [-0.2, 0) is 28.1 Å². The third kappa shape index (κ3) is 16.6. The van der Waals surface area contributed by atoms with Crippen molar-refractivity contribution in [1.82, 2.24) is 0 Å². The summed E-state index contributed by atoms with van der Waals surface area (Å²) in [5.41, 5.74) is 0.642. The summed E-state index contributed by atoms with van der Waals surface area (Å²) >= 11 is 0. The molecule has 0 amide bonds. The van der Waals surface area contributed by atoms with Crippen molar-refractivity contribution in [1.29, 1.82) is 0 Å². The topological polar surface area (TPSA) is 108 Å². The van der Waals surface area contributed by atoms with Gasteiger partial charge >= 0.3 is 0 Å². The fourth-order valence-corrected chi connectivity index (χ4v) is 3.68. The van der Waals surface area contributed by atoms with E-state index >= 15 is 0 Å². The Labute approximate surface area is 222 Å².